The summed E-state index contributed by atoms with van der Waals surface area (Å²) < 4.78 is 0. The second-order valence-corrected chi connectivity index (χ2v) is 28.3. The molecule has 1 spiro atoms. The van der Waals surface area contributed by atoms with Crippen LogP contribution in [0.4, 0.5) is 0 Å². The molecule has 488 valence electrons. The fraction of sp³-hybridized carbons (Fsp3) is 0.109. The molecule has 0 unspecified atom stereocenters. The van der Waals surface area contributed by atoms with E-state index >= 15 is 0 Å². The van der Waals surface area contributed by atoms with Gasteiger partial charge in [-0.25, -0.2) is 0 Å². The monoisotopic (exact) mass is 1300 g/mol. The van der Waals surface area contributed by atoms with Crippen LogP contribution in [-0.2, 0) is 16.2 Å². The molecule has 4 aliphatic carbocycles. The van der Waals surface area contributed by atoms with E-state index in [1.807, 2.05) is 6.08 Å². The van der Waals surface area contributed by atoms with Gasteiger partial charge < -0.3 is 0 Å². The van der Waals surface area contributed by atoms with E-state index < -0.39 is 0 Å². The molecule has 15 aromatic rings. The van der Waals surface area contributed by atoms with Crippen LogP contribution in [0.3, 0.4) is 0 Å². The summed E-state index contributed by atoms with van der Waals surface area (Å²) in [5, 5.41) is 2.62. The van der Waals surface area contributed by atoms with Crippen LogP contribution in [0, 0.1) is 41.5 Å². The minimum atomic E-state index is -0.263. The van der Waals surface area contributed by atoms with Gasteiger partial charge in [0.25, 0.3) is 0 Å². The molecule has 0 radical (unpaired) electrons. The molecule has 15 aromatic carbocycles. The highest BCUT2D eigenvalue weighted by atomic mass is 14.5. The van der Waals surface area contributed by atoms with Gasteiger partial charge in [0.2, 0.25) is 0 Å². The molecule has 0 aromatic heterocycles. The van der Waals surface area contributed by atoms with Gasteiger partial charge in [0, 0.05) is 5.41 Å². The SMILES string of the molecule is C=Cc1cc(-c2ccc(C)cc2)ccc1C.Cc1ccc(-c2cccc3ccccc23)cc1.Cc1ccc2c(c1)C(C)(C)c1ccccc1-2.Cc1ccc2c(c1)C(c1ccccc1)(c1ccccc1)c1ccccc1-2.Cc1ccc2c(c1)C1(c3ccccc3-c3ccccc31)c1ccccc1-2. The first-order chi connectivity index (χ1) is 49.3. The molecule has 0 heteroatoms. The Morgan fingerprint density at radius 2 is 0.574 bits per heavy atom. The second-order valence-electron chi connectivity index (χ2n) is 28.3. The standard InChI is InChI=1S/C26H18.C26H20.C17H14.2C16H16/c1-17-14-15-21-20-10-4-7-13-24(20)26(25(21)16-17)22-11-5-2-8-18(22)19-9-3-6-12-23(19)26;1-19-16-17-23-22-14-8-9-15-24(22)26(25(23)18-19,20-10-4-2-5-11-20)21-12-6-3-7-13-21;1-13-9-11-15(12-10-13)17-8-4-6-14-5-2-3-7-16(14)17;1-11-8-9-13-12-6-4-5-7-14(12)16(2,3)15(13)10-11;1-4-14-11-16(10-7-13(14)3)15-8-5-12(2)6-9-15/h2-16H,1H3;2-18H,1H3;2-12H,1H3;4-10H,1-3H3;4-11H,1H2,2-3H3. The van der Waals surface area contributed by atoms with Crippen molar-refractivity contribution < 1.29 is 0 Å². The highest BCUT2D eigenvalue weighted by Crippen LogP contribution is 2.63. The molecule has 4 aliphatic rings. The van der Waals surface area contributed by atoms with Crippen LogP contribution in [0.25, 0.3) is 83.6 Å². The summed E-state index contributed by atoms with van der Waals surface area (Å²) >= 11 is 0. The molecule has 0 saturated heterocycles. The van der Waals surface area contributed by atoms with Crippen molar-refractivity contribution in [2.24, 2.45) is 0 Å². The van der Waals surface area contributed by atoms with Gasteiger partial charge >= 0.3 is 0 Å². The van der Waals surface area contributed by atoms with Crippen LogP contribution in [0.2, 0.25) is 0 Å². The van der Waals surface area contributed by atoms with Crippen LogP contribution in [0.1, 0.15) is 108 Å². The van der Waals surface area contributed by atoms with E-state index in [2.05, 4.69) is 408 Å². The Hall–Kier alpha value is -11.7. The molecule has 0 bridgehead atoms. The first-order valence-corrected chi connectivity index (χ1v) is 35.6. The summed E-state index contributed by atoms with van der Waals surface area (Å²) in [4.78, 5) is 0. The van der Waals surface area contributed by atoms with E-state index in [-0.39, 0.29) is 16.2 Å². The largest absolute Gasteiger partial charge is 0.0985 e. The van der Waals surface area contributed by atoms with E-state index in [4.69, 9.17) is 0 Å². The Labute approximate surface area is 598 Å². The molecule has 0 heterocycles. The number of aryl methyl sites for hydroxylation is 6. The van der Waals surface area contributed by atoms with Gasteiger partial charge in [-0.15, -0.1) is 0 Å². The van der Waals surface area contributed by atoms with Crippen molar-refractivity contribution in [3.8, 4) is 66.8 Å². The van der Waals surface area contributed by atoms with Gasteiger partial charge in [0.05, 0.1) is 10.8 Å². The second kappa shape index (κ2) is 27.2. The van der Waals surface area contributed by atoms with Crippen LogP contribution >= 0.6 is 0 Å². The molecular weight excluding hydrogens is 1210 g/mol. The predicted molar refractivity (Wildman–Crippen MR) is 430 cm³/mol. The van der Waals surface area contributed by atoms with Crippen molar-refractivity contribution in [1.82, 2.24) is 0 Å². The third-order valence-corrected chi connectivity index (χ3v) is 21.5. The van der Waals surface area contributed by atoms with Crippen molar-refractivity contribution in [3.63, 3.8) is 0 Å². The lowest BCUT2D eigenvalue weighted by Gasteiger charge is -2.34. The van der Waals surface area contributed by atoms with E-state index in [1.54, 1.807) is 0 Å². The van der Waals surface area contributed by atoms with Crippen LogP contribution in [-0.4, -0.2) is 0 Å². The van der Waals surface area contributed by atoms with Crippen molar-refractivity contribution in [2.45, 2.75) is 71.6 Å². The Balaban J connectivity index is 0.000000104. The van der Waals surface area contributed by atoms with Gasteiger partial charge in [-0.05, 0) is 192 Å². The number of hydrogen-bond donors (Lipinski definition) is 0. The normalized spacial score (nSPS) is 13.2. The summed E-state index contributed by atoms with van der Waals surface area (Å²) in [6, 6.07) is 126. The Morgan fingerprint density at radius 1 is 0.238 bits per heavy atom. The van der Waals surface area contributed by atoms with E-state index in [1.165, 1.54) is 172 Å². The van der Waals surface area contributed by atoms with E-state index in [0.717, 1.165) is 0 Å². The van der Waals surface area contributed by atoms with Gasteiger partial charge in [0.1, 0.15) is 0 Å². The highest BCUT2D eigenvalue weighted by Gasteiger charge is 2.51. The van der Waals surface area contributed by atoms with Gasteiger partial charge in [-0.3, -0.25) is 0 Å². The number of rotatable bonds is 5. The Kier molecular flexibility index (Phi) is 17.6. The van der Waals surface area contributed by atoms with Crippen LogP contribution in [0.5, 0.6) is 0 Å². The molecule has 19 rings (SSSR count). The van der Waals surface area contributed by atoms with Gasteiger partial charge in [-0.1, -0.05) is 394 Å². The molecule has 0 aliphatic heterocycles. The Morgan fingerprint density at radius 3 is 1.06 bits per heavy atom. The molecule has 0 N–H and O–H groups in total. The molecule has 101 heavy (non-hydrogen) atoms. The van der Waals surface area contributed by atoms with Gasteiger partial charge in [0.15, 0.2) is 0 Å². The van der Waals surface area contributed by atoms with E-state index in [0.29, 0.717) is 0 Å². The lowest BCUT2D eigenvalue weighted by atomic mass is 9.67. The first-order valence-electron chi connectivity index (χ1n) is 35.6. The fourth-order valence-electron chi connectivity index (χ4n) is 16.6. The van der Waals surface area contributed by atoms with Crippen LogP contribution in [0.15, 0.2) is 352 Å². The predicted octanol–water partition coefficient (Wildman–Crippen LogP) is 26.4. The lowest BCUT2D eigenvalue weighted by Crippen LogP contribution is -2.28. The minimum absolute atomic E-state index is 0.151. The molecule has 0 atom stereocenters. The van der Waals surface area contributed by atoms with Crippen molar-refractivity contribution in [2.75, 3.05) is 0 Å². The average Bonchev–Trinajstić information content (AvgIpc) is 1.52. The van der Waals surface area contributed by atoms with E-state index in [9.17, 15) is 0 Å². The maximum Gasteiger partial charge on any atom is 0.0725 e. The summed E-state index contributed by atoms with van der Waals surface area (Å²) in [7, 11) is 0. The summed E-state index contributed by atoms with van der Waals surface area (Å²) in [5.74, 6) is 0. The molecule has 0 saturated carbocycles. The zero-order valence-electron chi connectivity index (χ0n) is 59.2. The fourth-order valence-corrected chi connectivity index (χ4v) is 16.6. The minimum Gasteiger partial charge on any atom is -0.0985 e. The third-order valence-electron chi connectivity index (χ3n) is 21.5. The summed E-state index contributed by atoms with van der Waals surface area (Å²) in [6.07, 6.45) is 1.91. The molecule has 0 nitrogen and oxygen atoms in total. The number of fused-ring (bicyclic) bond motifs is 17. The maximum atomic E-state index is 3.84. The summed E-state index contributed by atoms with van der Waals surface area (Å²) in [6.45, 7) is 21.4. The number of hydrogen-bond acceptors (Lipinski definition) is 0. The molecular formula is C101H84. The zero-order valence-corrected chi connectivity index (χ0v) is 59.2. The number of benzene rings is 15. The van der Waals surface area contributed by atoms with Crippen molar-refractivity contribution in [3.05, 3.63) is 447 Å². The smallest absolute Gasteiger partial charge is 0.0725 e. The third kappa shape index (κ3) is 11.6. The average molecular weight is 1300 g/mol. The van der Waals surface area contributed by atoms with Crippen molar-refractivity contribution in [1.29, 1.82) is 0 Å². The first kappa shape index (κ1) is 65.2. The molecule has 0 amide bonds. The van der Waals surface area contributed by atoms with Crippen LogP contribution < -0.4 is 0 Å². The topological polar surface area (TPSA) is 0 Å². The van der Waals surface area contributed by atoms with Gasteiger partial charge in [-0.2, -0.15) is 0 Å². The summed E-state index contributed by atoms with van der Waals surface area (Å²) in [5.41, 5.74) is 38.8. The quantitative estimate of drug-likeness (QED) is 0.161. The Bertz CT molecular complexity index is 5350. The zero-order chi connectivity index (χ0) is 69.4. The lowest BCUT2D eigenvalue weighted by molar-refractivity contribution is 0.660. The maximum absolute atomic E-state index is 3.84. The molecule has 0 fully saturated rings. The van der Waals surface area contributed by atoms with Crippen molar-refractivity contribution >= 4 is 16.8 Å². The highest BCUT2D eigenvalue weighted by molar-refractivity contribution is 5.97.